The molecule has 2 heterocycles. The first-order valence-corrected chi connectivity index (χ1v) is 10.2. The second-order valence-electron chi connectivity index (χ2n) is 7.40. The molecule has 0 unspecified atom stereocenters. The van der Waals surface area contributed by atoms with E-state index in [0.717, 1.165) is 5.56 Å². The summed E-state index contributed by atoms with van der Waals surface area (Å²) in [6.45, 7) is -0.206. The highest BCUT2D eigenvalue weighted by atomic mass is 16.5. The van der Waals surface area contributed by atoms with Gasteiger partial charge in [-0.25, -0.2) is 4.79 Å². The Morgan fingerprint density at radius 3 is 2.26 bits per heavy atom. The van der Waals surface area contributed by atoms with Crippen molar-refractivity contribution >= 4 is 33.7 Å². The van der Waals surface area contributed by atoms with E-state index in [9.17, 15) is 9.59 Å². The molecule has 4 aromatic rings. The lowest BCUT2D eigenvalue weighted by Gasteiger charge is -2.15. The van der Waals surface area contributed by atoms with Crippen LogP contribution in [0.5, 0.6) is 23.0 Å². The van der Waals surface area contributed by atoms with E-state index in [-0.39, 0.29) is 11.3 Å². The van der Waals surface area contributed by atoms with E-state index in [1.54, 1.807) is 18.3 Å². The topological polar surface area (TPSA) is 135 Å². The maximum absolute atomic E-state index is 12.3. The lowest BCUT2D eigenvalue weighted by molar-refractivity contribution is -0.139. The van der Waals surface area contributed by atoms with Crippen LogP contribution in [0.15, 0.2) is 42.7 Å². The standard InChI is InChI=1S/C24H23N3O7/c1-31-17-7-13(8-18(32-2)23(17)33-3)11-27-15-6-4-5-14(24(25)30)21(15)22-16(27)9-26-10-19(22)34-12-20(28)29/h4-10H,11-12H2,1-3H3,(H2,25,30)(H,28,29). The van der Waals surface area contributed by atoms with E-state index >= 15 is 0 Å². The number of benzene rings is 2. The Balaban J connectivity index is 1.98. The summed E-state index contributed by atoms with van der Waals surface area (Å²) in [4.78, 5) is 27.6. The number of hydrogen-bond acceptors (Lipinski definition) is 7. The molecule has 0 atom stereocenters. The van der Waals surface area contributed by atoms with E-state index in [1.165, 1.54) is 27.5 Å². The Morgan fingerprint density at radius 1 is 0.971 bits per heavy atom. The summed E-state index contributed by atoms with van der Waals surface area (Å²) in [5.41, 5.74) is 8.13. The molecular formula is C24H23N3O7. The van der Waals surface area contributed by atoms with E-state index in [0.29, 0.717) is 45.6 Å². The van der Waals surface area contributed by atoms with Crippen LogP contribution in [-0.2, 0) is 11.3 Å². The highest BCUT2D eigenvalue weighted by Crippen LogP contribution is 2.40. The number of fused-ring (bicyclic) bond motifs is 3. The third kappa shape index (κ3) is 3.90. The zero-order valence-corrected chi connectivity index (χ0v) is 18.8. The highest BCUT2D eigenvalue weighted by Gasteiger charge is 2.21. The maximum Gasteiger partial charge on any atom is 0.341 e. The molecule has 0 aliphatic carbocycles. The first-order valence-electron chi connectivity index (χ1n) is 10.2. The quantitative estimate of drug-likeness (QED) is 0.385. The molecule has 0 fully saturated rings. The number of pyridine rings is 1. The van der Waals surface area contributed by atoms with Gasteiger partial charge in [-0.2, -0.15) is 0 Å². The van der Waals surface area contributed by atoms with Crippen LogP contribution < -0.4 is 24.7 Å². The van der Waals surface area contributed by atoms with Crippen LogP contribution in [0.25, 0.3) is 21.8 Å². The predicted molar refractivity (Wildman–Crippen MR) is 124 cm³/mol. The second kappa shape index (κ2) is 9.18. The average Bonchev–Trinajstić information content (AvgIpc) is 3.15. The lowest BCUT2D eigenvalue weighted by Crippen LogP contribution is -2.11. The predicted octanol–water partition coefficient (Wildman–Crippen LogP) is 2.83. The molecule has 34 heavy (non-hydrogen) atoms. The number of aliphatic carboxylic acids is 1. The van der Waals surface area contributed by atoms with Crippen molar-refractivity contribution in [1.82, 2.24) is 9.55 Å². The van der Waals surface area contributed by atoms with Gasteiger partial charge in [-0.15, -0.1) is 0 Å². The molecule has 10 heteroatoms. The van der Waals surface area contributed by atoms with Gasteiger partial charge in [0.1, 0.15) is 5.75 Å². The Hall–Kier alpha value is -4.47. The number of hydrogen-bond donors (Lipinski definition) is 2. The number of methoxy groups -OCH3 is 3. The highest BCUT2D eigenvalue weighted by molar-refractivity contribution is 6.19. The van der Waals surface area contributed by atoms with Crippen molar-refractivity contribution in [1.29, 1.82) is 0 Å². The van der Waals surface area contributed by atoms with Gasteiger partial charge in [0.15, 0.2) is 18.1 Å². The summed E-state index contributed by atoms with van der Waals surface area (Å²) in [5, 5.41) is 10.2. The molecule has 4 rings (SSSR count). The van der Waals surface area contributed by atoms with Crippen LogP contribution >= 0.6 is 0 Å². The summed E-state index contributed by atoms with van der Waals surface area (Å²) < 4.78 is 23.8. The summed E-state index contributed by atoms with van der Waals surface area (Å²) in [7, 11) is 4.61. The van der Waals surface area contributed by atoms with Gasteiger partial charge in [0.25, 0.3) is 0 Å². The van der Waals surface area contributed by atoms with E-state index in [4.69, 9.17) is 29.8 Å². The Labute approximate surface area is 194 Å². The zero-order chi connectivity index (χ0) is 24.4. The molecule has 0 radical (unpaired) electrons. The molecule has 1 amide bonds. The van der Waals surface area contributed by atoms with Crippen LogP contribution in [0.2, 0.25) is 0 Å². The largest absolute Gasteiger partial charge is 0.493 e. The maximum atomic E-state index is 12.3. The summed E-state index contributed by atoms with van der Waals surface area (Å²) >= 11 is 0. The smallest absolute Gasteiger partial charge is 0.341 e. The first kappa shape index (κ1) is 22.7. The third-order valence-electron chi connectivity index (χ3n) is 5.45. The van der Waals surface area contributed by atoms with Crippen LogP contribution in [-0.4, -0.2) is 54.5 Å². The van der Waals surface area contributed by atoms with Crippen molar-refractivity contribution in [3.63, 3.8) is 0 Å². The van der Waals surface area contributed by atoms with E-state index < -0.39 is 18.5 Å². The summed E-state index contributed by atoms with van der Waals surface area (Å²) in [5.74, 6) is -0.0370. The molecule has 2 aromatic carbocycles. The van der Waals surface area contributed by atoms with E-state index in [1.807, 2.05) is 22.8 Å². The monoisotopic (exact) mass is 465 g/mol. The molecule has 0 aliphatic heterocycles. The number of aromatic nitrogens is 2. The fourth-order valence-electron chi connectivity index (χ4n) is 4.08. The van der Waals surface area contributed by atoms with Crippen molar-refractivity contribution in [3.05, 3.63) is 53.9 Å². The van der Waals surface area contributed by atoms with Gasteiger partial charge in [0.05, 0.1) is 50.1 Å². The number of carbonyl (C=O) groups is 2. The second-order valence-corrected chi connectivity index (χ2v) is 7.40. The zero-order valence-electron chi connectivity index (χ0n) is 18.8. The van der Waals surface area contributed by atoms with Gasteiger partial charge in [0, 0.05) is 17.5 Å². The fraction of sp³-hybridized carbons (Fsp3) is 0.208. The minimum Gasteiger partial charge on any atom is -0.493 e. The fourth-order valence-corrected chi connectivity index (χ4v) is 4.08. The van der Waals surface area contributed by atoms with Crippen molar-refractivity contribution in [3.8, 4) is 23.0 Å². The lowest BCUT2D eigenvalue weighted by atomic mass is 10.1. The minimum absolute atomic E-state index is 0.238. The molecule has 2 aromatic heterocycles. The molecule has 176 valence electrons. The van der Waals surface area contributed by atoms with Crippen LogP contribution in [0.4, 0.5) is 0 Å². The number of amides is 1. The van der Waals surface area contributed by atoms with Gasteiger partial charge >= 0.3 is 5.97 Å². The molecule has 0 saturated carbocycles. The molecule has 0 spiro atoms. The van der Waals surface area contributed by atoms with Crippen molar-refractivity contribution in [2.24, 2.45) is 5.73 Å². The van der Waals surface area contributed by atoms with Gasteiger partial charge < -0.3 is 34.4 Å². The van der Waals surface area contributed by atoms with Gasteiger partial charge in [0.2, 0.25) is 11.7 Å². The van der Waals surface area contributed by atoms with Gasteiger partial charge in [-0.1, -0.05) is 6.07 Å². The number of carboxylic acid groups (broad SMARTS) is 1. The number of nitrogens with zero attached hydrogens (tertiary/aromatic N) is 2. The Morgan fingerprint density at radius 2 is 1.68 bits per heavy atom. The van der Waals surface area contributed by atoms with Crippen LogP contribution in [0, 0.1) is 0 Å². The number of carboxylic acids is 1. The summed E-state index contributed by atoms with van der Waals surface area (Å²) in [6, 6.07) is 8.86. The normalized spacial score (nSPS) is 10.9. The molecule has 0 bridgehead atoms. The van der Waals surface area contributed by atoms with Gasteiger partial charge in [-0.05, 0) is 29.8 Å². The van der Waals surface area contributed by atoms with Gasteiger partial charge in [-0.3, -0.25) is 9.78 Å². The number of carbonyl (C=O) groups excluding carboxylic acids is 1. The Kier molecular flexibility index (Phi) is 6.13. The van der Waals surface area contributed by atoms with Crippen LogP contribution in [0.3, 0.4) is 0 Å². The SMILES string of the molecule is COc1cc(Cn2c3cncc(OCC(=O)O)c3c3c(C(N)=O)cccc32)cc(OC)c1OC. The minimum atomic E-state index is -1.13. The number of primary amides is 1. The number of ether oxygens (including phenoxy) is 4. The summed E-state index contributed by atoms with van der Waals surface area (Å²) in [6.07, 6.45) is 3.05. The van der Waals surface area contributed by atoms with Crippen molar-refractivity contribution in [2.45, 2.75) is 6.54 Å². The number of rotatable bonds is 9. The van der Waals surface area contributed by atoms with Crippen molar-refractivity contribution in [2.75, 3.05) is 27.9 Å². The van der Waals surface area contributed by atoms with Crippen LogP contribution in [0.1, 0.15) is 15.9 Å². The Bertz CT molecular complexity index is 1390. The molecule has 0 aliphatic rings. The first-order chi connectivity index (χ1) is 16.4. The van der Waals surface area contributed by atoms with Crippen molar-refractivity contribution < 1.29 is 33.6 Å². The molecule has 10 nitrogen and oxygen atoms in total. The average molecular weight is 465 g/mol. The van der Waals surface area contributed by atoms with E-state index in [2.05, 4.69) is 4.98 Å². The molecular weight excluding hydrogens is 442 g/mol. The molecule has 3 N–H and O–H groups in total. The number of nitrogens with two attached hydrogens (primary N) is 1. The molecule has 0 saturated heterocycles. The third-order valence-corrected chi connectivity index (χ3v) is 5.45.